The van der Waals surface area contributed by atoms with Crippen molar-refractivity contribution in [2.24, 2.45) is 21.3 Å². The van der Waals surface area contributed by atoms with Crippen molar-refractivity contribution in [1.82, 2.24) is 0 Å². The summed E-state index contributed by atoms with van der Waals surface area (Å²) in [4.78, 5) is 19.5. The minimum Gasteiger partial charge on any atom is -0.476 e. The average Bonchev–Trinajstić information content (AvgIpc) is 2.34. The van der Waals surface area contributed by atoms with Gasteiger partial charge in [0.2, 0.25) is 0 Å². The summed E-state index contributed by atoms with van der Waals surface area (Å²) in [5, 5.41) is 16.8. The van der Waals surface area contributed by atoms with Gasteiger partial charge in [0, 0.05) is 13.0 Å². The standard InChI is InChI=1S/C16H27N3O2/c1-11(17)19-14(15(20)21)13(18-4)12-7-5-9-16(2,3)10-6-8-12/h12,17H,5-10H2,1-4H3,(H,20,21). The first-order valence-corrected chi connectivity index (χ1v) is 7.61. The molecule has 0 amide bonds. The van der Waals surface area contributed by atoms with Crippen molar-refractivity contribution in [2.75, 3.05) is 7.05 Å². The van der Waals surface area contributed by atoms with E-state index in [-0.39, 0.29) is 17.5 Å². The van der Waals surface area contributed by atoms with Gasteiger partial charge in [-0.15, -0.1) is 0 Å². The molecular formula is C16H27N3O2. The number of aliphatic carboxylic acids is 1. The summed E-state index contributed by atoms with van der Waals surface area (Å²) in [6.45, 7) is 6.08. The van der Waals surface area contributed by atoms with Crippen LogP contribution in [0.3, 0.4) is 0 Å². The molecule has 0 heterocycles. The number of amidine groups is 1. The second-order valence-corrected chi connectivity index (χ2v) is 6.61. The molecule has 0 atom stereocenters. The fourth-order valence-corrected chi connectivity index (χ4v) is 3.06. The van der Waals surface area contributed by atoms with E-state index in [9.17, 15) is 9.90 Å². The Balaban J connectivity index is 2.94. The Bertz CT molecular complexity index is 452. The Labute approximate surface area is 127 Å². The first kappa shape index (κ1) is 17.5. The number of hydrogen-bond acceptors (Lipinski definition) is 3. The monoisotopic (exact) mass is 293 g/mol. The van der Waals surface area contributed by atoms with Gasteiger partial charge in [0.1, 0.15) is 5.84 Å². The fraction of sp³-hybridized carbons (Fsp3) is 0.750. The zero-order valence-electron chi connectivity index (χ0n) is 13.6. The van der Waals surface area contributed by atoms with Crippen LogP contribution in [0.1, 0.15) is 59.3 Å². The van der Waals surface area contributed by atoms with Crippen LogP contribution in [0.15, 0.2) is 9.98 Å². The normalized spacial score (nSPS) is 21.5. The highest BCUT2D eigenvalue weighted by Crippen LogP contribution is 2.35. The van der Waals surface area contributed by atoms with Crippen LogP contribution in [0.5, 0.6) is 0 Å². The third-order valence-corrected chi connectivity index (χ3v) is 4.16. The first-order valence-electron chi connectivity index (χ1n) is 7.61. The van der Waals surface area contributed by atoms with E-state index in [1.807, 2.05) is 0 Å². The molecule has 1 aliphatic carbocycles. The van der Waals surface area contributed by atoms with Crippen molar-refractivity contribution >= 4 is 23.2 Å². The summed E-state index contributed by atoms with van der Waals surface area (Å²) in [5.74, 6) is -0.953. The molecular weight excluding hydrogens is 266 g/mol. The Hall–Kier alpha value is -1.52. The van der Waals surface area contributed by atoms with Gasteiger partial charge in [0.25, 0.3) is 0 Å². The lowest BCUT2D eigenvalue weighted by Gasteiger charge is -2.30. The third kappa shape index (κ3) is 5.40. The Kier molecular flexibility index (Phi) is 6.24. The molecule has 0 aromatic heterocycles. The number of rotatable bonds is 3. The molecule has 21 heavy (non-hydrogen) atoms. The lowest BCUT2D eigenvalue weighted by atomic mass is 9.76. The minimum absolute atomic E-state index is 0.000488. The summed E-state index contributed by atoms with van der Waals surface area (Å²) in [5.41, 5.74) is 0.868. The topological polar surface area (TPSA) is 85.9 Å². The molecule has 1 aliphatic rings. The van der Waals surface area contributed by atoms with Crippen molar-refractivity contribution in [3.8, 4) is 0 Å². The molecule has 0 unspecified atom stereocenters. The van der Waals surface area contributed by atoms with Crippen LogP contribution in [0, 0.1) is 16.7 Å². The largest absolute Gasteiger partial charge is 0.476 e. The molecule has 0 spiro atoms. The number of nitrogens with one attached hydrogen (secondary N) is 1. The van der Waals surface area contributed by atoms with Crippen molar-refractivity contribution in [2.45, 2.75) is 59.3 Å². The van der Waals surface area contributed by atoms with E-state index < -0.39 is 5.97 Å². The van der Waals surface area contributed by atoms with E-state index in [2.05, 4.69) is 23.8 Å². The molecule has 1 rings (SSSR count). The van der Waals surface area contributed by atoms with E-state index in [1.165, 1.54) is 6.92 Å². The van der Waals surface area contributed by atoms with Gasteiger partial charge >= 0.3 is 5.97 Å². The zero-order chi connectivity index (χ0) is 16.0. The maximum Gasteiger partial charge on any atom is 0.356 e. The number of carboxylic acids is 1. The van der Waals surface area contributed by atoms with Crippen LogP contribution in [0.25, 0.3) is 0 Å². The van der Waals surface area contributed by atoms with Gasteiger partial charge in [0.15, 0.2) is 5.71 Å². The van der Waals surface area contributed by atoms with Crippen molar-refractivity contribution in [1.29, 1.82) is 5.41 Å². The van der Waals surface area contributed by atoms with E-state index in [4.69, 9.17) is 5.41 Å². The summed E-state index contributed by atoms with van der Waals surface area (Å²) in [7, 11) is 1.62. The van der Waals surface area contributed by atoms with Crippen LogP contribution in [0.4, 0.5) is 0 Å². The molecule has 0 aromatic carbocycles. The van der Waals surface area contributed by atoms with Gasteiger partial charge in [-0.2, -0.15) is 0 Å². The number of aliphatic imine (C=N–C) groups is 2. The summed E-state index contributed by atoms with van der Waals surface area (Å²) >= 11 is 0. The highest BCUT2D eigenvalue weighted by molar-refractivity contribution is 6.66. The summed E-state index contributed by atoms with van der Waals surface area (Å²) in [6, 6.07) is 0. The van der Waals surface area contributed by atoms with Crippen LogP contribution in [-0.2, 0) is 4.79 Å². The van der Waals surface area contributed by atoms with Crippen LogP contribution >= 0.6 is 0 Å². The van der Waals surface area contributed by atoms with Gasteiger partial charge in [-0.05, 0) is 38.0 Å². The molecule has 118 valence electrons. The van der Waals surface area contributed by atoms with Crippen molar-refractivity contribution in [3.05, 3.63) is 0 Å². The number of hydrogen-bond donors (Lipinski definition) is 2. The predicted molar refractivity (Wildman–Crippen MR) is 86.8 cm³/mol. The first-order chi connectivity index (χ1) is 9.76. The van der Waals surface area contributed by atoms with E-state index in [1.54, 1.807) is 7.05 Å². The minimum atomic E-state index is -1.09. The van der Waals surface area contributed by atoms with Gasteiger partial charge in [-0.3, -0.25) is 10.4 Å². The Morgan fingerprint density at radius 1 is 1.24 bits per heavy atom. The van der Waals surface area contributed by atoms with Gasteiger partial charge in [-0.25, -0.2) is 9.79 Å². The average molecular weight is 293 g/mol. The summed E-state index contributed by atoms with van der Waals surface area (Å²) in [6.07, 6.45) is 6.35. The van der Waals surface area contributed by atoms with E-state index >= 15 is 0 Å². The van der Waals surface area contributed by atoms with E-state index in [0.717, 1.165) is 38.5 Å². The molecule has 0 radical (unpaired) electrons. The predicted octanol–water partition coefficient (Wildman–Crippen LogP) is 3.58. The maximum absolute atomic E-state index is 11.4. The third-order valence-electron chi connectivity index (χ3n) is 4.16. The van der Waals surface area contributed by atoms with Crippen LogP contribution in [0.2, 0.25) is 0 Å². The van der Waals surface area contributed by atoms with Gasteiger partial charge in [0.05, 0.1) is 5.71 Å². The fourth-order valence-electron chi connectivity index (χ4n) is 3.06. The highest BCUT2D eigenvalue weighted by Gasteiger charge is 2.28. The van der Waals surface area contributed by atoms with Crippen LogP contribution in [-0.4, -0.2) is 35.4 Å². The molecule has 1 saturated carbocycles. The van der Waals surface area contributed by atoms with Gasteiger partial charge in [-0.1, -0.05) is 26.7 Å². The molecule has 2 N–H and O–H groups in total. The van der Waals surface area contributed by atoms with E-state index in [0.29, 0.717) is 11.1 Å². The zero-order valence-corrected chi connectivity index (χ0v) is 13.6. The number of carboxylic acid groups (broad SMARTS) is 1. The van der Waals surface area contributed by atoms with Crippen molar-refractivity contribution in [3.63, 3.8) is 0 Å². The molecule has 1 fully saturated rings. The lowest BCUT2D eigenvalue weighted by Crippen LogP contribution is -2.32. The van der Waals surface area contributed by atoms with Gasteiger partial charge < -0.3 is 5.11 Å². The second-order valence-electron chi connectivity index (χ2n) is 6.61. The quantitative estimate of drug-likeness (QED) is 0.615. The molecule has 0 bridgehead atoms. The smallest absolute Gasteiger partial charge is 0.356 e. The Morgan fingerprint density at radius 2 is 1.76 bits per heavy atom. The highest BCUT2D eigenvalue weighted by atomic mass is 16.4. The number of carbonyl (C=O) groups is 1. The lowest BCUT2D eigenvalue weighted by molar-refractivity contribution is -0.129. The SMILES string of the molecule is CN=C(C(=NC(C)=N)C(=O)O)C1CCCC(C)(C)CCC1. The molecule has 5 heteroatoms. The molecule has 0 aromatic rings. The molecule has 0 aliphatic heterocycles. The number of nitrogens with zero attached hydrogens (tertiary/aromatic N) is 2. The maximum atomic E-state index is 11.4. The molecule has 5 nitrogen and oxygen atoms in total. The molecule has 0 saturated heterocycles. The Morgan fingerprint density at radius 3 is 2.14 bits per heavy atom. The summed E-state index contributed by atoms with van der Waals surface area (Å²) < 4.78 is 0. The second kappa shape index (κ2) is 7.48. The van der Waals surface area contributed by atoms with Crippen molar-refractivity contribution < 1.29 is 9.90 Å². The van der Waals surface area contributed by atoms with Crippen LogP contribution < -0.4 is 0 Å².